The van der Waals surface area contributed by atoms with Crippen LogP contribution >= 0.6 is 11.6 Å². The number of unbranched alkanes of at least 4 members (excludes halogenated alkanes) is 1. The Morgan fingerprint density at radius 2 is 1.79 bits per heavy atom. The Bertz CT molecular complexity index is 823. The molecule has 1 aromatic rings. The molecular formula is C32H60ClN5O. The number of anilines is 2. The average molecular weight is 566 g/mol. The van der Waals surface area contributed by atoms with E-state index in [-0.39, 0.29) is 17.2 Å². The van der Waals surface area contributed by atoms with Gasteiger partial charge in [-0.05, 0) is 44.4 Å². The number of carbonyl (C=O) groups excluding carboxylic acids is 1. The van der Waals surface area contributed by atoms with Crippen LogP contribution in [0.5, 0.6) is 0 Å². The molecule has 1 unspecified atom stereocenters. The highest BCUT2D eigenvalue weighted by molar-refractivity contribution is 6.32. The molecule has 226 valence electrons. The van der Waals surface area contributed by atoms with Crippen molar-refractivity contribution < 1.29 is 4.79 Å². The summed E-state index contributed by atoms with van der Waals surface area (Å²) in [4.78, 5) is 23.3. The molecular weight excluding hydrogens is 506 g/mol. The maximum absolute atomic E-state index is 12.3. The minimum Gasteiger partial charge on any atom is -0.369 e. The molecule has 0 aromatic carbocycles. The van der Waals surface area contributed by atoms with E-state index in [0.29, 0.717) is 29.3 Å². The molecule has 2 N–H and O–H groups in total. The number of hydrogen-bond donors (Lipinski definition) is 2. The number of halogens is 1. The lowest BCUT2D eigenvalue weighted by Gasteiger charge is -2.37. The van der Waals surface area contributed by atoms with Crippen molar-refractivity contribution in [2.24, 2.45) is 17.3 Å². The first-order chi connectivity index (χ1) is 18.7. The van der Waals surface area contributed by atoms with E-state index < -0.39 is 0 Å². The summed E-state index contributed by atoms with van der Waals surface area (Å²) < 4.78 is 0. The number of hydrogen-bond acceptors (Lipinski definition) is 5. The van der Waals surface area contributed by atoms with Crippen LogP contribution in [0, 0.1) is 17.3 Å². The lowest BCUT2D eigenvalue weighted by atomic mass is 9.71. The minimum absolute atomic E-state index is 0.00463. The molecule has 0 aliphatic heterocycles. The van der Waals surface area contributed by atoms with Crippen molar-refractivity contribution in [3.8, 4) is 0 Å². The quantitative estimate of drug-likeness (QED) is 0.195. The van der Waals surface area contributed by atoms with Gasteiger partial charge in [0.2, 0.25) is 11.9 Å². The zero-order valence-corrected chi connectivity index (χ0v) is 27.7. The Kier molecular flexibility index (Phi) is 20.0. The van der Waals surface area contributed by atoms with Gasteiger partial charge in [0.25, 0.3) is 0 Å². The van der Waals surface area contributed by atoms with Gasteiger partial charge in [0, 0.05) is 37.2 Å². The maximum atomic E-state index is 12.3. The number of carbonyl (C=O) groups is 1. The Morgan fingerprint density at radius 3 is 2.33 bits per heavy atom. The SMILES string of the molecule is CC.CC.CC/C=C(/Nc1ncc(Cl)c(NCCCN(C)C(=O)C2CCC2)n1)C(C)(C)C(CCC)CCCC. The van der Waals surface area contributed by atoms with Crippen LogP contribution in [0.4, 0.5) is 11.8 Å². The molecule has 2 rings (SSSR count). The fourth-order valence-corrected chi connectivity index (χ4v) is 4.99. The molecule has 1 heterocycles. The van der Waals surface area contributed by atoms with E-state index in [1.165, 1.54) is 44.2 Å². The Hall–Kier alpha value is -1.82. The summed E-state index contributed by atoms with van der Waals surface area (Å²) in [6.07, 6.45) is 15.1. The molecule has 7 heteroatoms. The van der Waals surface area contributed by atoms with E-state index in [0.717, 1.165) is 32.2 Å². The third-order valence-electron chi connectivity index (χ3n) is 7.45. The van der Waals surface area contributed by atoms with E-state index in [1.54, 1.807) is 6.20 Å². The molecule has 39 heavy (non-hydrogen) atoms. The monoisotopic (exact) mass is 565 g/mol. The predicted octanol–water partition coefficient (Wildman–Crippen LogP) is 9.58. The van der Waals surface area contributed by atoms with Gasteiger partial charge in [-0.25, -0.2) is 4.98 Å². The molecule has 1 fully saturated rings. The highest BCUT2D eigenvalue weighted by Crippen LogP contribution is 2.41. The van der Waals surface area contributed by atoms with Crippen LogP contribution in [-0.4, -0.2) is 40.9 Å². The van der Waals surface area contributed by atoms with E-state index in [9.17, 15) is 4.79 Å². The van der Waals surface area contributed by atoms with Crippen LogP contribution in [0.1, 0.15) is 127 Å². The molecule has 1 aromatic heterocycles. The number of amides is 1. The van der Waals surface area contributed by atoms with Crippen molar-refractivity contribution in [3.05, 3.63) is 23.0 Å². The Labute approximate surface area is 246 Å². The van der Waals surface area contributed by atoms with Crippen molar-refractivity contribution in [2.45, 2.75) is 127 Å². The largest absolute Gasteiger partial charge is 0.369 e. The summed E-state index contributed by atoms with van der Waals surface area (Å²) in [6, 6.07) is 0. The van der Waals surface area contributed by atoms with Crippen molar-refractivity contribution >= 4 is 29.3 Å². The summed E-state index contributed by atoms with van der Waals surface area (Å²) in [5.41, 5.74) is 1.17. The van der Waals surface area contributed by atoms with Gasteiger partial charge in [-0.3, -0.25) is 4.79 Å². The lowest BCUT2D eigenvalue weighted by Crippen LogP contribution is -2.37. The zero-order chi connectivity index (χ0) is 29.8. The van der Waals surface area contributed by atoms with Crippen molar-refractivity contribution in [1.82, 2.24) is 14.9 Å². The third-order valence-corrected chi connectivity index (χ3v) is 7.73. The molecule has 1 saturated carbocycles. The zero-order valence-electron chi connectivity index (χ0n) is 26.9. The van der Waals surface area contributed by atoms with Gasteiger partial charge in [-0.1, -0.05) is 106 Å². The summed E-state index contributed by atoms with van der Waals surface area (Å²) >= 11 is 6.40. The van der Waals surface area contributed by atoms with Gasteiger partial charge in [-0.2, -0.15) is 4.98 Å². The van der Waals surface area contributed by atoms with Crippen molar-refractivity contribution in [3.63, 3.8) is 0 Å². The van der Waals surface area contributed by atoms with Gasteiger partial charge >= 0.3 is 0 Å². The first-order valence-electron chi connectivity index (χ1n) is 15.7. The Morgan fingerprint density at radius 1 is 1.13 bits per heavy atom. The average Bonchev–Trinajstić information content (AvgIpc) is 2.91. The van der Waals surface area contributed by atoms with Crippen LogP contribution in [0.2, 0.25) is 5.02 Å². The number of aromatic nitrogens is 2. The fraction of sp³-hybridized carbons (Fsp3) is 0.781. The Balaban J connectivity index is 0.00000344. The highest BCUT2D eigenvalue weighted by Gasteiger charge is 2.33. The summed E-state index contributed by atoms with van der Waals surface area (Å²) in [5.74, 6) is 2.31. The van der Waals surface area contributed by atoms with Crippen molar-refractivity contribution in [2.75, 3.05) is 30.8 Å². The number of rotatable bonds is 16. The molecule has 1 aliphatic rings. The standard InChI is InChI=1S/C28H48ClN5O.2C2H6/c1-7-10-17-22(13-8-2)28(4,5)24(14-9-3)32-27-31-20-23(29)25(33-27)30-18-12-19-34(6)26(35)21-15-11-16-21;2*1-2/h14,20-22H,7-13,15-19H2,1-6H3,(H2,30,31,32,33);2*1-2H3/b24-14+;;. The first-order valence-corrected chi connectivity index (χ1v) is 16.1. The van der Waals surface area contributed by atoms with Crippen LogP contribution in [0.15, 0.2) is 18.0 Å². The van der Waals surface area contributed by atoms with E-state index in [1.807, 2.05) is 39.6 Å². The smallest absolute Gasteiger partial charge is 0.228 e. The molecule has 0 spiro atoms. The number of nitrogens with one attached hydrogen (secondary N) is 2. The van der Waals surface area contributed by atoms with Crippen LogP contribution < -0.4 is 10.6 Å². The van der Waals surface area contributed by atoms with Crippen LogP contribution in [0.25, 0.3) is 0 Å². The number of allylic oxidation sites excluding steroid dienone is 2. The summed E-state index contributed by atoms with van der Waals surface area (Å²) in [6.45, 7) is 20.8. The lowest BCUT2D eigenvalue weighted by molar-refractivity contribution is -0.136. The van der Waals surface area contributed by atoms with Crippen molar-refractivity contribution in [1.29, 1.82) is 0 Å². The predicted molar refractivity (Wildman–Crippen MR) is 172 cm³/mol. The second-order valence-electron chi connectivity index (χ2n) is 10.6. The molecule has 1 amide bonds. The summed E-state index contributed by atoms with van der Waals surface area (Å²) in [5, 5.41) is 7.38. The van der Waals surface area contributed by atoms with Gasteiger partial charge < -0.3 is 15.5 Å². The fourth-order valence-electron chi connectivity index (χ4n) is 4.84. The molecule has 6 nitrogen and oxygen atoms in total. The minimum atomic E-state index is -0.00463. The second-order valence-corrected chi connectivity index (χ2v) is 11.0. The van der Waals surface area contributed by atoms with E-state index >= 15 is 0 Å². The number of nitrogens with zero attached hydrogens (tertiary/aromatic N) is 3. The van der Waals surface area contributed by atoms with Crippen LogP contribution in [-0.2, 0) is 4.79 Å². The van der Waals surface area contributed by atoms with Gasteiger partial charge in [0.1, 0.15) is 10.8 Å². The first kappa shape index (κ1) is 37.2. The molecule has 0 bridgehead atoms. The van der Waals surface area contributed by atoms with Gasteiger partial charge in [-0.15, -0.1) is 0 Å². The third kappa shape index (κ3) is 12.5. The molecule has 1 atom stereocenters. The highest BCUT2D eigenvalue weighted by atomic mass is 35.5. The van der Waals surface area contributed by atoms with Gasteiger partial charge in [0.05, 0.1) is 6.20 Å². The van der Waals surface area contributed by atoms with E-state index in [4.69, 9.17) is 16.6 Å². The molecule has 0 saturated heterocycles. The second kappa shape index (κ2) is 21.0. The molecule has 0 radical (unpaired) electrons. The van der Waals surface area contributed by atoms with Gasteiger partial charge in [0.15, 0.2) is 0 Å². The normalized spacial score (nSPS) is 14.2. The summed E-state index contributed by atoms with van der Waals surface area (Å²) in [7, 11) is 1.90. The maximum Gasteiger partial charge on any atom is 0.228 e. The topological polar surface area (TPSA) is 70.2 Å². The van der Waals surface area contributed by atoms with E-state index in [2.05, 4.69) is 56.3 Å². The van der Waals surface area contributed by atoms with Crippen LogP contribution in [0.3, 0.4) is 0 Å². The molecule has 1 aliphatic carbocycles.